The van der Waals surface area contributed by atoms with Crippen LogP contribution in [0.15, 0.2) is 61.2 Å². The molecule has 2 saturated carbocycles. The zero-order chi connectivity index (χ0) is 24.6. The van der Waals surface area contributed by atoms with Gasteiger partial charge in [-0.3, -0.25) is 0 Å². The zero-order valence-corrected chi connectivity index (χ0v) is 21.4. The first-order chi connectivity index (χ1) is 17.7. The summed E-state index contributed by atoms with van der Waals surface area (Å²) in [5, 5.41) is 10.7. The van der Waals surface area contributed by atoms with Gasteiger partial charge in [-0.15, -0.1) is 0 Å². The number of nitrogens with zero attached hydrogens (tertiary/aromatic N) is 2. The number of hydrogen-bond donors (Lipinski definition) is 0. The number of fused-ring (bicyclic) bond motifs is 2. The van der Waals surface area contributed by atoms with Gasteiger partial charge in [-0.1, -0.05) is 62.2 Å². The lowest BCUT2D eigenvalue weighted by atomic mass is 9.63. The van der Waals surface area contributed by atoms with E-state index < -0.39 is 0 Å². The van der Waals surface area contributed by atoms with Gasteiger partial charge in [0.2, 0.25) is 6.79 Å². The van der Waals surface area contributed by atoms with Crippen LogP contribution in [0.3, 0.4) is 0 Å². The highest BCUT2D eigenvalue weighted by Crippen LogP contribution is 2.60. The minimum atomic E-state index is -0.322. The van der Waals surface area contributed by atoms with Gasteiger partial charge < -0.3 is 14.0 Å². The van der Waals surface area contributed by atoms with Gasteiger partial charge in [0.15, 0.2) is 11.5 Å². The van der Waals surface area contributed by atoms with E-state index in [2.05, 4.69) is 61.2 Å². The quantitative estimate of drug-likeness (QED) is 0.312. The fraction of sp³-hybridized carbons (Fsp3) is 0.531. The maximum Gasteiger partial charge on any atom is 0.231 e. The maximum atomic E-state index is 10.7. The molecule has 4 nitrogen and oxygen atoms in total. The van der Waals surface area contributed by atoms with Gasteiger partial charge in [0.1, 0.15) is 0 Å². The molecule has 36 heavy (non-hydrogen) atoms. The number of hydrogen-bond acceptors (Lipinski definition) is 3. The molecular weight excluding hydrogens is 444 g/mol. The summed E-state index contributed by atoms with van der Waals surface area (Å²) in [6, 6.07) is 20.1. The third-order valence-electron chi connectivity index (χ3n) is 9.88. The summed E-state index contributed by atoms with van der Waals surface area (Å²) in [5.41, 5.74) is 2.26. The molecule has 2 aliphatic carbocycles. The second-order valence-electron chi connectivity index (χ2n) is 11.8. The molecule has 2 heterocycles. The molecule has 0 radical (unpaired) electrons. The van der Waals surface area contributed by atoms with Crippen LogP contribution in [0.4, 0.5) is 0 Å². The second-order valence-corrected chi connectivity index (χ2v) is 11.8. The van der Waals surface area contributed by atoms with Crippen molar-refractivity contribution in [2.75, 3.05) is 33.0 Å². The molecule has 2 aliphatic heterocycles. The summed E-state index contributed by atoms with van der Waals surface area (Å²) < 4.78 is 12.2. The van der Waals surface area contributed by atoms with Crippen LogP contribution in [0.2, 0.25) is 0 Å². The van der Waals surface area contributed by atoms with Crippen molar-refractivity contribution < 1.29 is 14.0 Å². The number of rotatable bonds is 9. The summed E-state index contributed by atoms with van der Waals surface area (Å²) in [6.07, 6.45) is 10.5. The number of ether oxygens (including phenoxy) is 2. The largest absolute Gasteiger partial charge is 0.454 e. The van der Waals surface area contributed by atoms with Crippen molar-refractivity contribution in [2.45, 2.75) is 50.4 Å². The van der Waals surface area contributed by atoms with Crippen molar-refractivity contribution in [3.05, 3.63) is 72.3 Å². The lowest BCUT2D eigenvalue weighted by Gasteiger charge is -2.40. The molecule has 4 aliphatic rings. The average molecular weight is 484 g/mol. The molecule has 0 N–H and O–H groups in total. The van der Waals surface area contributed by atoms with Gasteiger partial charge in [-0.25, -0.2) is 0 Å². The van der Waals surface area contributed by atoms with Crippen LogP contribution in [0, 0.1) is 35.0 Å². The van der Waals surface area contributed by atoms with Crippen LogP contribution in [0.5, 0.6) is 11.5 Å². The van der Waals surface area contributed by atoms with Gasteiger partial charge in [-0.05, 0) is 60.4 Å². The van der Waals surface area contributed by atoms with Crippen LogP contribution in [-0.4, -0.2) is 37.5 Å². The Balaban J connectivity index is 1.16. The van der Waals surface area contributed by atoms with E-state index in [1.807, 2.05) is 6.07 Å². The molecule has 4 heteroatoms. The van der Waals surface area contributed by atoms with Crippen molar-refractivity contribution in [1.29, 1.82) is 5.26 Å². The Morgan fingerprint density at radius 1 is 1.00 bits per heavy atom. The fourth-order valence-corrected chi connectivity index (χ4v) is 7.92. The molecule has 6 rings (SSSR count). The van der Waals surface area contributed by atoms with Crippen molar-refractivity contribution >= 4 is 0 Å². The first-order valence-corrected chi connectivity index (χ1v) is 14.0. The van der Waals surface area contributed by atoms with E-state index in [1.165, 1.54) is 56.3 Å². The third kappa shape index (κ3) is 4.22. The predicted octanol–water partition coefficient (Wildman–Crippen LogP) is 6.27. The summed E-state index contributed by atoms with van der Waals surface area (Å²) in [4.78, 5) is 0. The van der Waals surface area contributed by atoms with E-state index >= 15 is 0 Å². The van der Waals surface area contributed by atoms with Crippen molar-refractivity contribution in [3.8, 4) is 17.6 Å². The average Bonchev–Trinajstić information content (AvgIpc) is 3.26. The Kier molecular flexibility index (Phi) is 6.30. The standard InChI is InChI=1S/C32H39N2O2/c1-2-16-34(17-15-24-13-14-30-31(18-24)36-23-35-30)20-28-27(29(28)21-34)19-32(22-33,25-9-5-3-6-10-25)26-11-7-4-8-12-26/h2-3,5-6,9-10,13-14,18,26-29H,1,4,7-8,11-12,15-17,19-21,23H2/q+1. The van der Waals surface area contributed by atoms with E-state index in [-0.39, 0.29) is 5.41 Å². The van der Waals surface area contributed by atoms with Crippen LogP contribution in [0.1, 0.15) is 49.7 Å². The summed E-state index contributed by atoms with van der Waals surface area (Å²) in [7, 11) is 0. The second kappa shape index (κ2) is 9.60. The molecule has 3 atom stereocenters. The van der Waals surface area contributed by atoms with E-state index in [0.29, 0.717) is 18.6 Å². The SMILES string of the molecule is C=CC[N+]1(CCc2ccc3c(c2)OCO3)CC2C(CC(C#N)(c3ccccc3)C3CCCCC3)C2C1. The molecule has 0 aromatic heterocycles. The first kappa shape index (κ1) is 23.6. The maximum absolute atomic E-state index is 10.7. The molecule has 3 fully saturated rings. The Morgan fingerprint density at radius 2 is 1.75 bits per heavy atom. The van der Waals surface area contributed by atoms with Crippen molar-refractivity contribution in [3.63, 3.8) is 0 Å². The summed E-state index contributed by atoms with van der Waals surface area (Å²) in [5.74, 6) is 4.43. The van der Waals surface area contributed by atoms with E-state index in [4.69, 9.17) is 9.47 Å². The molecule has 0 spiro atoms. The van der Waals surface area contributed by atoms with Gasteiger partial charge in [0.05, 0.1) is 37.7 Å². The highest BCUT2D eigenvalue weighted by atomic mass is 16.7. The Labute approximate surface area is 216 Å². The summed E-state index contributed by atoms with van der Waals surface area (Å²) >= 11 is 0. The zero-order valence-electron chi connectivity index (χ0n) is 21.4. The number of piperidine rings is 1. The topological polar surface area (TPSA) is 42.2 Å². The Bertz CT molecular complexity index is 1120. The highest BCUT2D eigenvalue weighted by Gasteiger charge is 2.64. The summed E-state index contributed by atoms with van der Waals surface area (Å²) in [6.45, 7) is 9.07. The van der Waals surface area contributed by atoms with Gasteiger partial charge in [0.25, 0.3) is 0 Å². The lowest BCUT2D eigenvalue weighted by molar-refractivity contribution is -0.916. The van der Waals surface area contributed by atoms with Gasteiger partial charge in [-0.2, -0.15) is 5.26 Å². The van der Waals surface area contributed by atoms with E-state index in [9.17, 15) is 5.26 Å². The van der Waals surface area contributed by atoms with Crippen LogP contribution >= 0.6 is 0 Å². The molecule has 3 unspecified atom stereocenters. The molecule has 188 valence electrons. The van der Waals surface area contributed by atoms with Crippen molar-refractivity contribution in [1.82, 2.24) is 0 Å². The molecule has 2 aromatic carbocycles. The monoisotopic (exact) mass is 483 g/mol. The van der Waals surface area contributed by atoms with E-state index in [1.54, 1.807) is 0 Å². The van der Waals surface area contributed by atoms with Crippen molar-refractivity contribution in [2.24, 2.45) is 23.7 Å². The van der Waals surface area contributed by atoms with Gasteiger partial charge >= 0.3 is 0 Å². The normalized spacial score (nSPS) is 30.2. The van der Waals surface area contributed by atoms with Crippen LogP contribution < -0.4 is 9.47 Å². The highest BCUT2D eigenvalue weighted by molar-refractivity contribution is 5.44. The number of benzene rings is 2. The smallest absolute Gasteiger partial charge is 0.231 e. The lowest BCUT2D eigenvalue weighted by Crippen LogP contribution is -2.50. The molecule has 0 amide bonds. The fourth-order valence-electron chi connectivity index (χ4n) is 7.92. The molecule has 2 aromatic rings. The molecular formula is C32H39N2O2+. The van der Waals surface area contributed by atoms with Crippen LogP contribution in [-0.2, 0) is 11.8 Å². The number of nitriles is 1. The van der Waals surface area contributed by atoms with Gasteiger partial charge in [0, 0.05) is 18.3 Å². The molecule has 1 saturated heterocycles. The Hall–Kier alpha value is -2.77. The Morgan fingerprint density at radius 3 is 2.47 bits per heavy atom. The molecule has 0 bridgehead atoms. The number of likely N-dealkylation sites (tertiary alicyclic amines) is 1. The minimum Gasteiger partial charge on any atom is -0.454 e. The predicted molar refractivity (Wildman–Crippen MR) is 142 cm³/mol. The van der Waals surface area contributed by atoms with E-state index in [0.717, 1.165) is 53.7 Å². The minimum absolute atomic E-state index is 0.322. The number of quaternary nitrogens is 1. The first-order valence-electron chi connectivity index (χ1n) is 14.0. The third-order valence-corrected chi connectivity index (χ3v) is 9.88. The van der Waals surface area contributed by atoms with Crippen LogP contribution in [0.25, 0.3) is 0 Å².